The van der Waals surface area contributed by atoms with Crippen LogP contribution in [0.1, 0.15) is 21.5 Å². The predicted octanol–water partition coefficient (Wildman–Crippen LogP) is 3.89. The molecule has 6 heteroatoms. The highest BCUT2D eigenvalue weighted by molar-refractivity contribution is 5.92. The van der Waals surface area contributed by atoms with Gasteiger partial charge in [0.25, 0.3) is 5.69 Å². The van der Waals surface area contributed by atoms with Crippen LogP contribution < -0.4 is 0 Å². The molecule has 3 rings (SSSR count). The van der Waals surface area contributed by atoms with Crippen molar-refractivity contribution in [1.82, 2.24) is 0 Å². The third-order valence-electron chi connectivity index (χ3n) is 4.14. The number of esters is 1. The average molecular weight is 361 g/mol. The van der Waals surface area contributed by atoms with Crippen molar-refractivity contribution in [2.75, 3.05) is 0 Å². The Kier molecular flexibility index (Phi) is 5.08. The van der Waals surface area contributed by atoms with Crippen LogP contribution in [0.2, 0.25) is 0 Å². The van der Waals surface area contributed by atoms with Crippen molar-refractivity contribution in [3.63, 3.8) is 0 Å². The van der Waals surface area contributed by atoms with Crippen molar-refractivity contribution >= 4 is 17.9 Å². The maximum Gasteiger partial charge on any atom is 0.339 e. The van der Waals surface area contributed by atoms with E-state index < -0.39 is 16.5 Å². The van der Waals surface area contributed by atoms with Crippen LogP contribution in [0, 0.1) is 10.1 Å². The Labute approximate surface area is 155 Å². The molecular formula is C21H15NO5. The topological polar surface area (TPSA) is 86.5 Å². The van der Waals surface area contributed by atoms with E-state index in [-0.39, 0.29) is 11.3 Å². The van der Waals surface area contributed by atoms with Crippen LogP contribution in [-0.2, 0) is 15.1 Å². The first-order valence-corrected chi connectivity index (χ1v) is 8.12. The summed E-state index contributed by atoms with van der Waals surface area (Å²) in [6.45, 7) is 0. The standard InChI is InChI=1S/C21H15NO5/c23-15-21(17-7-3-1-4-8-17,18-9-5-2-6-10-18)27-20(24)16-11-13-19(14-12-16)22(25)26/h1-15H. The van der Waals surface area contributed by atoms with Gasteiger partial charge in [-0.2, -0.15) is 0 Å². The smallest absolute Gasteiger partial charge is 0.339 e. The van der Waals surface area contributed by atoms with Gasteiger partial charge >= 0.3 is 5.97 Å². The summed E-state index contributed by atoms with van der Waals surface area (Å²) in [6, 6.07) is 22.4. The molecule has 0 aliphatic carbocycles. The summed E-state index contributed by atoms with van der Waals surface area (Å²) < 4.78 is 5.67. The molecule has 0 atom stereocenters. The third kappa shape index (κ3) is 3.59. The number of carbonyl (C=O) groups excluding carboxylic acids is 2. The zero-order valence-electron chi connectivity index (χ0n) is 14.1. The number of non-ortho nitro benzene ring substituents is 1. The normalized spacial score (nSPS) is 10.8. The molecule has 0 unspecified atom stereocenters. The monoisotopic (exact) mass is 361 g/mol. The molecule has 0 aliphatic rings. The number of nitro groups is 1. The third-order valence-corrected chi connectivity index (χ3v) is 4.14. The van der Waals surface area contributed by atoms with Crippen LogP contribution in [-0.4, -0.2) is 17.2 Å². The lowest BCUT2D eigenvalue weighted by atomic mass is 9.87. The minimum Gasteiger partial charge on any atom is -0.438 e. The molecule has 27 heavy (non-hydrogen) atoms. The molecule has 6 nitrogen and oxygen atoms in total. The fourth-order valence-corrected chi connectivity index (χ4v) is 2.74. The molecule has 0 bridgehead atoms. The second-order valence-corrected chi connectivity index (χ2v) is 5.78. The number of nitro benzene ring substituents is 1. The zero-order chi connectivity index (χ0) is 19.3. The van der Waals surface area contributed by atoms with E-state index in [2.05, 4.69) is 0 Å². The molecular weight excluding hydrogens is 346 g/mol. The molecule has 0 amide bonds. The van der Waals surface area contributed by atoms with Gasteiger partial charge in [0.1, 0.15) is 0 Å². The summed E-state index contributed by atoms with van der Waals surface area (Å²) in [5, 5.41) is 10.8. The number of nitrogens with zero attached hydrogens (tertiary/aromatic N) is 1. The first-order valence-electron chi connectivity index (χ1n) is 8.12. The Morgan fingerprint density at radius 1 is 0.852 bits per heavy atom. The van der Waals surface area contributed by atoms with Crippen LogP contribution in [0.4, 0.5) is 5.69 Å². The van der Waals surface area contributed by atoms with Crippen molar-refractivity contribution in [2.24, 2.45) is 0 Å². The van der Waals surface area contributed by atoms with Gasteiger partial charge in [-0.3, -0.25) is 14.9 Å². The van der Waals surface area contributed by atoms with Gasteiger partial charge in [-0.1, -0.05) is 60.7 Å². The van der Waals surface area contributed by atoms with Crippen molar-refractivity contribution < 1.29 is 19.2 Å². The van der Waals surface area contributed by atoms with E-state index in [9.17, 15) is 19.7 Å². The van der Waals surface area contributed by atoms with E-state index in [0.717, 1.165) is 0 Å². The second-order valence-electron chi connectivity index (χ2n) is 5.78. The van der Waals surface area contributed by atoms with Crippen LogP contribution in [0.5, 0.6) is 0 Å². The Balaban J connectivity index is 2.02. The zero-order valence-corrected chi connectivity index (χ0v) is 14.1. The number of benzene rings is 3. The lowest BCUT2D eigenvalue weighted by Gasteiger charge is -2.29. The quantitative estimate of drug-likeness (QED) is 0.288. The van der Waals surface area contributed by atoms with Gasteiger partial charge in [0.05, 0.1) is 10.5 Å². The average Bonchev–Trinajstić information content (AvgIpc) is 2.73. The Hall–Kier alpha value is -3.80. The first kappa shape index (κ1) is 18.0. The summed E-state index contributed by atoms with van der Waals surface area (Å²) in [5.41, 5.74) is -0.651. The van der Waals surface area contributed by atoms with Crippen LogP contribution in [0.25, 0.3) is 0 Å². The van der Waals surface area contributed by atoms with Crippen molar-refractivity contribution in [1.29, 1.82) is 0 Å². The minimum atomic E-state index is -1.62. The summed E-state index contributed by atoms with van der Waals surface area (Å²) in [7, 11) is 0. The molecule has 0 spiro atoms. The van der Waals surface area contributed by atoms with Crippen LogP contribution >= 0.6 is 0 Å². The van der Waals surface area contributed by atoms with E-state index in [0.29, 0.717) is 17.4 Å². The molecule has 3 aromatic carbocycles. The molecule has 0 saturated heterocycles. The minimum absolute atomic E-state index is 0.110. The molecule has 0 heterocycles. The molecule has 0 N–H and O–H groups in total. The maximum atomic E-state index is 12.7. The molecule has 0 fully saturated rings. The number of hydrogen-bond acceptors (Lipinski definition) is 5. The fraction of sp³-hybridized carbons (Fsp3) is 0.0476. The fourth-order valence-electron chi connectivity index (χ4n) is 2.74. The molecule has 134 valence electrons. The first-order chi connectivity index (χ1) is 13.1. The summed E-state index contributed by atoms with van der Waals surface area (Å²) in [5.74, 6) is -0.760. The summed E-state index contributed by atoms with van der Waals surface area (Å²) in [6.07, 6.45) is 0.584. The van der Waals surface area contributed by atoms with Crippen LogP contribution in [0.15, 0.2) is 84.9 Å². The van der Waals surface area contributed by atoms with E-state index >= 15 is 0 Å². The molecule has 3 aromatic rings. The Morgan fingerprint density at radius 3 is 1.74 bits per heavy atom. The van der Waals surface area contributed by atoms with Gasteiger partial charge < -0.3 is 4.74 Å². The summed E-state index contributed by atoms with van der Waals surface area (Å²) >= 11 is 0. The highest BCUT2D eigenvalue weighted by Crippen LogP contribution is 2.33. The SMILES string of the molecule is O=CC(OC(=O)c1ccc([N+](=O)[O-])cc1)(c1ccccc1)c1ccccc1. The van der Waals surface area contributed by atoms with Crippen molar-refractivity contribution in [3.05, 3.63) is 112 Å². The van der Waals surface area contributed by atoms with Gasteiger partial charge in [0, 0.05) is 23.3 Å². The molecule has 0 saturated carbocycles. The highest BCUT2D eigenvalue weighted by atomic mass is 16.6. The predicted molar refractivity (Wildman–Crippen MR) is 98.2 cm³/mol. The van der Waals surface area contributed by atoms with Crippen molar-refractivity contribution in [2.45, 2.75) is 5.60 Å². The summed E-state index contributed by atoms with van der Waals surface area (Å²) in [4.78, 5) is 35.1. The van der Waals surface area contributed by atoms with E-state index in [4.69, 9.17) is 4.74 Å². The van der Waals surface area contributed by atoms with Crippen LogP contribution in [0.3, 0.4) is 0 Å². The number of rotatable bonds is 6. The second kappa shape index (κ2) is 7.61. The van der Waals surface area contributed by atoms with E-state index in [1.807, 2.05) is 0 Å². The van der Waals surface area contributed by atoms with Gasteiger partial charge in [0.15, 0.2) is 6.29 Å². The Bertz CT molecular complexity index is 913. The van der Waals surface area contributed by atoms with Gasteiger partial charge in [0.2, 0.25) is 5.60 Å². The van der Waals surface area contributed by atoms with Crippen molar-refractivity contribution in [3.8, 4) is 0 Å². The number of ether oxygens (including phenoxy) is 1. The number of carbonyl (C=O) groups is 2. The lowest BCUT2D eigenvalue weighted by Crippen LogP contribution is -2.35. The maximum absolute atomic E-state index is 12.7. The largest absolute Gasteiger partial charge is 0.438 e. The molecule has 0 aliphatic heterocycles. The number of aldehydes is 1. The van der Waals surface area contributed by atoms with E-state index in [1.54, 1.807) is 60.7 Å². The van der Waals surface area contributed by atoms with Gasteiger partial charge in [-0.05, 0) is 12.1 Å². The van der Waals surface area contributed by atoms with Gasteiger partial charge in [-0.15, -0.1) is 0 Å². The van der Waals surface area contributed by atoms with E-state index in [1.165, 1.54) is 24.3 Å². The van der Waals surface area contributed by atoms with Gasteiger partial charge in [-0.25, -0.2) is 4.79 Å². The molecule has 0 aromatic heterocycles. The molecule has 0 radical (unpaired) electrons. The highest BCUT2D eigenvalue weighted by Gasteiger charge is 2.38. The Morgan fingerprint density at radius 2 is 1.33 bits per heavy atom. The number of hydrogen-bond donors (Lipinski definition) is 0. The lowest BCUT2D eigenvalue weighted by molar-refractivity contribution is -0.384.